The van der Waals surface area contributed by atoms with Gasteiger partial charge in [0.2, 0.25) is 0 Å². The predicted molar refractivity (Wildman–Crippen MR) is 141 cm³/mol. The van der Waals surface area contributed by atoms with Crippen molar-refractivity contribution in [3.05, 3.63) is 34.4 Å². The fraction of sp³-hybridized carbons (Fsp3) is 0.759. The number of ether oxygens (including phenoxy) is 1. The Labute approximate surface area is 220 Å². The molecule has 8 atom stereocenters. The molecule has 0 radical (unpaired) electrons. The number of nitro benzene ring substituents is 1. The van der Waals surface area contributed by atoms with E-state index in [1.54, 1.807) is 0 Å². The number of fused-ring (bicyclic) bond motifs is 5. The molecule has 4 aliphatic carbocycles. The first kappa shape index (κ1) is 26.8. The maximum absolute atomic E-state index is 13.5. The molecule has 4 fully saturated rings. The second-order valence-corrected chi connectivity index (χ2v) is 14.9. The van der Waals surface area contributed by atoms with Crippen LogP contribution in [0, 0.1) is 56.5 Å². The van der Waals surface area contributed by atoms with Crippen LogP contribution < -0.4 is 0 Å². The molecule has 37 heavy (non-hydrogen) atoms. The van der Waals surface area contributed by atoms with Gasteiger partial charge in [0.25, 0.3) is 5.69 Å². The van der Waals surface area contributed by atoms with E-state index in [1.165, 1.54) is 56.4 Å². The number of non-ortho nitro benzene ring substituents is 1. The van der Waals surface area contributed by atoms with E-state index >= 15 is 0 Å². The van der Waals surface area contributed by atoms with Crippen molar-refractivity contribution in [3.63, 3.8) is 0 Å². The molecule has 0 bridgehead atoms. The first-order valence-corrected chi connectivity index (χ1v) is 15.6. The van der Waals surface area contributed by atoms with Gasteiger partial charge in [-0.25, -0.2) is 8.42 Å². The summed E-state index contributed by atoms with van der Waals surface area (Å²) in [5.74, 6) is 2.32. The zero-order chi connectivity index (χ0) is 26.6. The van der Waals surface area contributed by atoms with E-state index in [0.29, 0.717) is 29.1 Å². The summed E-state index contributed by atoms with van der Waals surface area (Å²) in [5, 5.41) is 10.9. The average molecular weight is 532 g/mol. The first-order valence-electron chi connectivity index (χ1n) is 14.0. The molecule has 0 spiro atoms. The van der Waals surface area contributed by atoms with Crippen LogP contribution >= 0.6 is 0 Å². The number of benzene rings is 1. The molecule has 1 aromatic rings. The Morgan fingerprint density at radius 1 is 1.00 bits per heavy atom. The summed E-state index contributed by atoms with van der Waals surface area (Å²) in [6.45, 7) is 5.66. The molecule has 0 N–H and O–H groups in total. The van der Waals surface area contributed by atoms with Crippen LogP contribution in [0.3, 0.4) is 0 Å². The molecule has 0 amide bonds. The maximum atomic E-state index is 13.5. The van der Waals surface area contributed by atoms with E-state index in [9.17, 15) is 23.3 Å². The Balaban J connectivity index is 1.30. The highest BCUT2D eigenvalue weighted by molar-refractivity contribution is 7.92. The van der Waals surface area contributed by atoms with Gasteiger partial charge in [-0.15, -0.1) is 0 Å². The van der Waals surface area contributed by atoms with Crippen molar-refractivity contribution in [2.45, 2.75) is 76.5 Å². The van der Waals surface area contributed by atoms with Gasteiger partial charge in [0.1, 0.15) is 5.75 Å². The average Bonchev–Trinajstić information content (AvgIpc) is 3.21. The Morgan fingerprint density at radius 3 is 2.35 bits per heavy atom. The lowest BCUT2D eigenvalue weighted by Gasteiger charge is -2.61. The van der Waals surface area contributed by atoms with Gasteiger partial charge in [0.15, 0.2) is 15.6 Å². The number of Topliss-reactive ketones (excluding diaryl/α,β-unsaturated/α-hetero) is 1. The van der Waals surface area contributed by atoms with Gasteiger partial charge in [0, 0.05) is 31.8 Å². The third-order valence-electron chi connectivity index (χ3n) is 11.3. The van der Waals surface area contributed by atoms with Crippen molar-refractivity contribution in [2.24, 2.45) is 46.3 Å². The van der Waals surface area contributed by atoms with Crippen molar-refractivity contribution < 1.29 is 22.9 Å². The van der Waals surface area contributed by atoms with Gasteiger partial charge < -0.3 is 4.74 Å². The fourth-order valence-electron chi connectivity index (χ4n) is 9.41. The summed E-state index contributed by atoms with van der Waals surface area (Å²) in [4.78, 5) is 23.9. The summed E-state index contributed by atoms with van der Waals surface area (Å²) >= 11 is 0. The minimum Gasteiger partial charge on any atom is -0.384 e. The zero-order valence-electron chi connectivity index (χ0n) is 22.4. The van der Waals surface area contributed by atoms with Crippen molar-refractivity contribution in [1.82, 2.24) is 0 Å². The second-order valence-electron chi connectivity index (χ2n) is 12.9. The standard InChI is InChI=1S/C29H41NO6S/c1-28-14-12-19(17-36-3)16-20(28)4-9-23-24-10-11-26(29(24,2)15-13-25(23)28)27(31)18-37(34,35)22-7-5-21(6-8-22)30(32)33/h5-8,19-20,23-26H,4,9-18H2,1-3H3/t19?,20-,23-,24-,25-,26+,28-,29-/m0/s1. The van der Waals surface area contributed by atoms with Crippen molar-refractivity contribution in [3.8, 4) is 0 Å². The third-order valence-corrected chi connectivity index (χ3v) is 13.0. The Kier molecular flexibility index (Phi) is 7.06. The van der Waals surface area contributed by atoms with Crippen LogP contribution in [0.25, 0.3) is 0 Å². The minimum absolute atomic E-state index is 0.0230. The number of hydrogen-bond donors (Lipinski definition) is 0. The Hall–Kier alpha value is -1.80. The highest BCUT2D eigenvalue weighted by atomic mass is 32.2. The number of carbonyl (C=O) groups excluding carboxylic acids is 1. The van der Waals surface area contributed by atoms with Crippen LogP contribution in [0.1, 0.15) is 71.6 Å². The van der Waals surface area contributed by atoms with E-state index in [4.69, 9.17) is 4.74 Å². The number of hydrogen-bond acceptors (Lipinski definition) is 6. The molecule has 1 aromatic carbocycles. The Bertz CT molecular complexity index is 1150. The second kappa shape index (κ2) is 9.74. The highest BCUT2D eigenvalue weighted by Crippen LogP contribution is 2.67. The lowest BCUT2D eigenvalue weighted by molar-refractivity contribution is -0.384. The van der Waals surface area contributed by atoms with Crippen LogP contribution in [0.15, 0.2) is 29.2 Å². The van der Waals surface area contributed by atoms with Gasteiger partial charge in [-0.1, -0.05) is 13.8 Å². The summed E-state index contributed by atoms with van der Waals surface area (Å²) < 4.78 is 31.6. The number of rotatable bonds is 7. The van der Waals surface area contributed by atoms with Gasteiger partial charge in [-0.2, -0.15) is 0 Å². The van der Waals surface area contributed by atoms with Crippen LogP contribution in [-0.4, -0.2) is 38.6 Å². The molecule has 4 aliphatic rings. The number of nitrogens with zero attached hydrogens (tertiary/aromatic N) is 1. The molecule has 4 saturated carbocycles. The van der Waals surface area contributed by atoms with Crippen LogP contribution in [-0.2, 0) is 19.4 Å². The Morgan fingerprint density at radius 2 is 1.68 bits per heavy atom. The lowest BCUT2D eigenvalue weighted by Crippen LogP contribution is -2.54. The molecule has 0 heterocycles. The lowest BCUT2D eigenvalue weighted by atomic mass is 9.44. The quantitative estimate of drug-likeness (QED) is 0.322. The molecule has 8 heteroatoms. The van der Waals surface area contributed by atoms with Gasteiger partial charge in [0.05, 0.1) is 9.82 Å². The van der Waals surface area contributed by atoms with E-state index in [2.05, 4.69) is 13.8 Å². The van der Waals surface area contributed by atoms with Gasteiger partial charge in [-0.05, 0) is 110 Å². The van der Waals surface area contributed by atoms with Crippen LogP contribution in [0.5, 0.6) is 0 Å². The third kappa shape index (κ3) is 4.56. The molecular weight excluding hydrogens is 490 g/mol. The molecular formula is C29H41NO6S. The largest absolute Gasteiger partial charge is 0.384 e. The summed E-state index contributed by atoms with van der Waals surface area (Å²) in [6, 6.07) is 4.85. The monoisotopic (exact) mass is 531 g/mol. The minimum atomic E-state index is -3.85. The van der Waals surface area contributed by atoms with E-state index in [0.717, 1.165) is 38.2 Å². The number of carbonyl (C=O) groups is 1. The normalized spacial score (nSPS) is 39.3. The molecule has 7 nitrogen and oxygen atoms in total. The van der Waals surface area contributed by atoms with E-state index in [1.807, 2.05) is 7.11 Å². The molecule has 204 valence electrons. The SMILES string of the molecule is COCC1CC[C@@]2(C)[C@@H](CC[C@@H]3[C@@H]2CC[C@]2(C)[C@@H](C(=O)CS(=O)(=O)c4ccc([N+](=O)[O-])cc4)CC[C@@H]32)C1. The van der Waals surface area contributed by atoms with Crippen molar-refractivity contribution in [2.75, 3.05) is 19.5 Å². The van der Waals surface area contributed by atoms with E-state index < -0.39 is 20.5 Å². The van der Waals surface area contributed by atoms with Crippen LogP contribution in [0.2, 0.25) is 0 Å². The van der Waals surface area contributed by atoms with Gasteiger partial charge >= 0.3 is 0 Å². The summed E-state index contributed by atoms with van der Waals surface area (Å²) in [7, 11) is -2.04. The van der Waals surface area contributed by atoms with Crippen LogP contribution in [0.4, 0.5) is 5.69 Å². The fourth-order valence-corrected chi connectivity index (χ4v) is 10.7. The smallest absolute Gasteiger partial charge is 0.269 e. The van der Waals surface area contributed by atoms with E-state index in [-0.39, 0.29) is 27.7 Å². The molecule has 0 saturated heterocycles. The molecule has 0 aromatic heterocycles. The number of sulfone groups is 1. The summed E-state index contributed by atoms with van der Waals surface area (Å²) in [6.07, 6.45) is 10.2. The van der Waals surface area contributed by atoms with Gasteiger partial charge in [-0.3, -0.25) is 14.9 Å². The first-order chi connectivity index (χ1) is 17.5. The molecule has 0 aliphatic heterocycles. The predicted octanol–water partition coefficient (Wildman–Crippen LogP) is 5.86. The highest BCUT2D eigenvalue weighted by Gasteiger charge is 2.61. The maximum Gasteiger partial charge on any atom is 0.269 e. The van der Waals surface area contributed by atoms with Crippen molar-refractivity contribution in [1.29, 1.82) is 0 Å². The molecule has 1 unspecified atom stereocenters. The number of nitro groups is 1. The topological polar surface area (TPSA) is 104 Å². The van der Waals surface area contributed by atoms with Crippen molar-refractivity contribution >= 4 is 21.3 Å². The molecule has 5 rings (SSSR count). The summed E-state index contributed by atoms with van der Waals surface area (Å²) in [5.41, 5.74) is 0.0685. The number of methoxy groups -OCH3 is 1. The zero-order valence-corrected chi connectivity index (χ0v) is 23.2. The number of ketones is 1.